The number of carbonyl (C=O) groups is 1. The molecule has 9 heteroatoms. The number of nitrogen functional groups attached to an aromatic ring is 1. The first-order chi connectivity index (χ1) is 15.5. The lowest BCUT2D eigenvalue weighted by atomic mass is 10.0. The van der Waals surface area contributed by atoms with Gasteiger partial charge in [-0.3, -0.25) is 5.32 Å². The van der Waals surface area contributed by atoms with Gasteiger partial charge in [-0.25, -0.2) is 19.4 Å². The van der Waals surface area contributed by atoms with E-state index in [1.54, 1.807) is 19.3 Å². The van der Waals surface area contributed by atoms with Gasteiger partial charge in [0, 0.05) is 24.4 Å². The summed E-state index contributed by atoms with van der Waals surface area (Å²) in [7, 11) is 1.59. The summed E-state index contributed by atoms with van der Waals surface area (Å²) in [4.78, 5) is 21.9. The number of benzene rings is 1. The minimum atomic E-state index is -0.282. The number of carbonyl (C=O) groups excluding carboxylic acids is 1. The molecule has 1 aliphatic rings. The number of aromatic nitrogens is 4. The molecule has 2 amide bonds. The Kier molecular flexibility index (Phi) is 5.10. The molecule has 1 aromatic carbocycles. The molecule has 5 rings (SSSR count). The summed E-state index contributed by atoms with van der Waals surface area (Å²) in [6.07, 6.45) is 4.43. The second kappa shape index (κ2) is 8.08. The molecule has 0 bridgehead atoms. The smallest absolute Gasteiger partial charge is 0.320 e. The maximum Gasteiger partial charge on any atom is 0.320 e. The molecule has 4 aromatic rings. The molecule has 0 saturated carbocycles. The van der Waals surface area contributed by atoms with Crippen molar-refractivity contribution in [3.05, 3.63) is 59.4 Å². The first kappa shape index (κ1) is 20.2. The van der Waals surface area contributed by atoms with Crippen LogP contribution < -0.4 is 16.4 Å². The first-order valence-corrected chi connectivity index (χ1v) is 11.3. The number of para-hydroxylation sites is 1. The molecule has 0 radical (unpaired) electrons. The summed E-state index contributed by atoms with van der Waals surface area (Å²) >= 11 is 1.48. The number of rotatable bonds is 3. The minimum Gasteiger partial charge on any atom is -0.384 e. The van der Waals surface area contributed by atoms with Gasteiger partial charge >= 0.3 is 6.03 Å². The Balaban J connectivity index is 1.75. The fourth-order valence-corrected chi connectivity index (χ4v) is 5.09. The van der Waals surface area contributed by atoms with E-state index in [9.17, 15) is 4.79 Å². The molecule has 162 valence electrons. The van der Waals surface area contributed by atoms with Crippen molar-refractivity contribution in [3.63, 3.8) is 0 Å². The molecule has 0 saturated heterocycles. The average molecular weight is 446 g/mol. The van der Waals surface area contributed by atoms with Crippen LogP contribution in [0.1, 0.15) is 23.2 Å². The summed E-state index contributed by atoms with van der Waals surface area (Å²) in [6, 6.07) is 11.7. The van der Waals surface area contributed by atoms with Crippen molar-refractivity contribution in [2.45, 2.75) is 26.2 Å². The average Bonchev–Trinajstić information content (AvgIpc) is 3.31. The molecule has 0 aliphatic heterocycles. The van der Waals surface area contributed by atoms with E-state index >= 15 is 0 Å². The molecule has 3 heterocycles. The highest BCUT2D eigenvalue weighted by Crippen LogP contribution is 2.43. The highest BCUT2D eigenvalue weighted by atomic mass is 32.1. The van der Waals surface area contributed by atoms with Crippen molar-refractivity contribution in [1.82, 2.24) is 25.1 Å². The molecule has 1 aliphatic carbocycles. The maximum atomic E-state index is 11.9. The van der Waals surface area contributed by atoms with Crippen molar-refractivity contribution in [2.75, 3.05) is 18.1 Å². The van der Waals surface area contributed by atoms with Gasteiger partial charge in [-0.15, -0.1) is 0 Å². The third-order valence-corrected chi connectivity index (χ3v) is 6.61. The largest absolute Gasteiger partial charge is 0.384 e. The Morgan fingerprint density at radius 3 is 2.78 bits per heavy atom. The van der Waals surface area contributed by atoms with Crippen molar-refractivity contribution in [1.29, 1.82) is 0 Å². The van der Waals surface area contributed by atoms with E-state index in [0.717, 1.165) is 63.6 Å². The third kappa shape index (κ3) is 3.50. The highest BCUT2D eigenvalue weighted by molar-refractivity contribution is 7.19. The summed E-state index contributed by atoms with van der Waals surface area (Å²) in [5.74, 6) is 0.479. The molecule has 0 fully saturated rings. The van der Waals surface area contributed by atoms with Crippen LogP contribution in [0.25, 0.3) is 27.5 Å². The predicted molar refractivity (Wildman–Crippen MR) is 127 cm³/mol. The fraction of sp³-hybridized carbons (Fsp3) is 0.217. The predicted octanol–water partition coefficient (Wildman–Crippen LogP) is 4.19. The normalized spacial score (nSPS) is 12.6. The van der Waals surface area contributed by atoms with Gasteiger partial charge in [-0.2, -0.15) is 5.10 Å². The molecule has 8 nitrogen and oxygen atoms in total. The van der Waals surface area contributed by atoms with Gasteiger partial charge < -0.3 is 11.1 Å². The Hall–Kier alpha value is -3.72. The van der Waals surface area contributed by atoms with E-state index in [2.05, 4.69) is 34.7 Å². The van der Waals surface area contributed by atoms with E-state index in [1.807, 2.05) is 22.9 Å². The number of aryl methyl sites for hydroxylation is 2. The van der Waals surface area contributed by atoms with E-state index in [4.69, 9.17) is 15.8 Å². The molecule has 0 atom stereocenters. The lowest BCUT2D eigenvalue weighted by molar-refractivity contribution is 0.254. The lowest BCUT2D eigenvalue weighted by Gasteiger charge is -2.10. The second-order valence-corrected chi connectivity index (χ2v) is 8.70. The minimum absolute atomic E-state index is 0.282. The monoisotopic (exact) mass is 445 g/mol. The SMILES string of the molecule is CNC(=O)Nc1nc2c(s1)-c1c(c(-c3ccc(N)nc3)nn1-c1ccccc1C)CCC2. The number of hydrogen-bond donors (Lipinski definition) is 3. The van der Waals surface area contributed by atoms with Gasteiger partial charge in [0.1, 0.15) is 5.82 Å². The number of fused-ring (bicyclic) bond motifs is 3. The van der Waals surface area contributed by atoms with Crippen molar-refractivity contribution in [3.8, 4) is 27.5 Å². The number of nitrogens with zero attached hydrogens (tertiary/aromatic N) is 4. The third-order valence-electron chi connectivity index (χ3n) is 5.59. The molecule has 0 spiro atoms. The lowest BCUT2D eigenvalue weighted by Crippen LogP contribution is -2.24. The maximum absolute atomic E-state index is 11.9. The van der Waals surface area contributed by atoms with Gasteiger partial charge in [0.25, 0.3) is 0 Å². The number of amides is 2. The molecule has 0 unspecified atom stereocenters. The van der Waals surface area contributed by atoms with Crippen LogP contribution in [0.15, 0.2) is 42.6 Å². The second-order valence-electron chi connectivity index (χ2n) is 7.70. The Bertz CT molecular complexity index is 1310. The molecular formula is C23H23N7OS. The van der Waals surface area contributed by atoms with Gasteiger partial charge in [-0.1, -0.05) is 29.5 Å². The van der Waals surface area contributed by atoms with Crippen LogP contribution in [0.2, 0.25) is 0 Å². The van der Waals surface area contributed by atoms with Crippen LogP contribution in [-0.2, 0) is 12.8 Å². The van der Waals surface area contributed by atoms with Gasteiger partial charge in [0.15, 0.2) is 5.13 Å². The van der Waals surface area contributed by atoms with E-state index < -0.39 is 0 Å². The van der Waals surface area contributed by atoms with Crippen molar-refractivity contribution >= 4 is 28.3 Å². The van der Waals surface area contributed by atoms with Crippen LogP contribution in [0.4, 0.5) is 15.7 Å². The van der Waals surface area contributed by atoms with Crippen LogP contribution in [0, 0.1) is 6.92 Å². The van der Waals surface area contributed by atoms with Crippen molar-refractivity contribution < 1.29 is 4.79 Å². The highest BCUT2D eigenvalue weighted by Gasteiger charge is 2.29. The number of nitrogens with one attached hydrogen (secondary N) is 2. The summed E-state index contributed by atoms with van der Waals surface area (Å²) in [6.45, 7) is 2.08. The number of hydrogen-bond acceptors (Lipinski definition) is 6. The number of thiazole rings is 1. The first-order valence-electron chi connectivity index (χ1n) is 10.4. The zero-order valence-corrected chi connectivity index (χ0v) is 18.7. The van der Waals surface area contributed by atoms with Crippen LogP contribution in [-0.4, -0.2) is 32.8 Å². The Labute approximate surface area is 189 Å². The number of pyridine rings is 1. The van der Waals surface area contributed by atoms with E-state index in [0.29, 0.717) is 10.9 Å². The number of anilines is 2. The molecule has 3 aromatic heterocycles. The topological polar surface area (TPSA) is 111 Å². The molecule has 4 N–H and O–H groups in total. The van der Waals surface area contributed by atoms with Gasteiger partial charge in [0.2, 0.25) is 0 Å². The summed E-state index contributed by atoms with van der Waals surface area (Å²) < 4.78 is 2.02. The van der Waals surface area contributed by atoms with Gasteiger partial charge in [0.05, 0.1) is 27.6 Å². The van der Waals surface area contributed by atoms with E-state index in [-0.39, 0.29) is 6.03 Å². The summed E-state index contributed by atoms with van der Waals surface area (Å²) in [5.41, 5.74) is 13.0. The summed E-state index contributed by atoms with van der Waals surface area (Å²) in [5, 5.41) is 11.0. The van der Waals surface area contributed by atoms with Crippen LogP contribution in [0.5, 0.6) is 0 Å². The number of nitrogens with two attached hydrogens (primary N) is 1. The Morgan fingerprint density at radius 1 is 1.19 bits per heavy atom. The quantitative estimate of drug-likeness (QED) is 0.438. The van der Waals surface area contributed by atoms with Crippen molar-refractivity contribution in [2.24, 2.45) is 0 Å². The van der Waals surface area contributed by atoms with E-state index in [1.165, 1.54) is 11.3 Å². The van der Waals surface area contributed by atoms with Crippen LogP contribution in [0.3, 0.4) is 0 Å². The Morgan fingerprint density at radius 2 is 2.03 bits per heavy atom. The van der Waals surface area contributed by atoms with Crippen LogP contribution >= 0.6 is 11.3 Å². The standard InChI is InChI=1S/C23H23N7OS/c1-13-6-3-4-9-17(13)30-20-15(19(29-30)14-10-11-18(24)26-12-14)7-5-8-16-21(20)32-23(27-16)28-22(31)25-2/h3-4,6,9-12H,5,7-8H2,1-2H3,(H2,24,26)(H2,25,27,28,31). The fourth-order valence-electron chi connectivity index (χ4n) is 4.02. The zero-order chi connectivity index (χ0) is 22.2. The zero-order valence-electron chi connectivity index (χ0n) is 17.8. The van der Waals surface area contributed by atoms with Gasteiger partial charge in [-0.05, 0) is 49.9 Å². The molecule has 32 heavy (non-hydrogen) atoms. The molecular weight excluding hydrogens is 422 g/mol. The number of urea groups is 1.